The Balaban J connectivity index is 1.40. The molecule has 0 bridgehead atoms. The summed E-state index contributed by atoms with van der Waals surface area (Å²) in [6.07, 6.45) is 7.73. The van der Waals surface area contributed by atoms with E-state index in [-0.39, 0.29) is 0 Å². The number of aromatic amines is 1. The molecule has 4 N–H and O–H groups in total. The summed E-state index contributed by atoms with van der Waals surface area (Å²) >= 11 is 0. The van der Waals surface area contributed by atoms with Crippen LogP contribution in [0.1, 0.15) is 18.9 Å². The largest absolute Gasteiger partial charge is 0.382 e. The van der Waals surface area contributed by atoms with Gasteiger partial charge in [-0.25, -0.2) is 9.97 Å². The molecule has 1 fully saturated rings. The molecule has 6 rings (SSSR count). The molecular formula is C22H21N9. The predicted molar refractivity (Wildman–Crippen MR) is 119 cm³/mol. The van der Waals surface area contributed by atoms with Crippen molar-refractivity contribution in [3.8, 4) is 22.6 Å². The molecule has 9 heteroatoms. The topological polar surface area (TPSA) is 123 Å². The van der Waals surface area contributed by atoms with Crippen molar-refractivity contribution in [2.24, 2.45) is 0 Å². The van der Waals surface area contributed by atoms with Gasteiger partial charge in [0.25, 0.3) is 0 Å². The maximum absolute atomic E-state index is 6.35. The summed E-state index contributed by atoms with van der Waals surface area (Å²) in [4.78, 5) is 18.4. The molecule has 31 heavy (non-hydrogen) atoms. The quantitative estimate of drug-likeness (QED) is 0.417. The number of anilines is 1. The highest BCUT2D eigenvalue weighted by Gasteiger charge is 2.20. The van der Waals surface area contributed by atoms with Gasteiger partial charge in [0.2, 0.25) is 0 Å². The summed E-state index contributed by atoms with van der Waals surface area (Å²) in [5.41, 5.74) is 12.6. The Bertz CT molecular complexity index is 1390. The lowest BCUT2D eigenvalue weighted by Crippen LogP contribution is -2.29. The van der Waals surface area contributed by atoms with Gasteiger partial charge >= 0.3 is 0 Å². The van der Waals surface area contributed by atoms with Crippen molar-refractivity contribution in [1.82, 2.24) is 40.0 Å². The van der Waals surface area contributed by atoms with E-state index in [2.05, 4.69) is 36.2 Å². The van der Waals surface area contributed by atoms with Crippen molar-refractivity contribution in [3.05, 3.63) is 48.9 Å². The number of piperidine rings is 1. The van der Waals surface area contributed by atoms with Gasteiger partial charge in [0.05, 0.1) is 22.4 Å². The number of fused-ring (bicyclic) bond motifs is 2. The van der Waals surface area contributed by atoms with Gasteiger partial charge in [-0.2, -0.15) is 5.10 Å². The van der Waals surface area contributed by atoms with Gasteiger partial charge in [0.1, 0.15) is 11.2 Å². The van der Waals surface area contributed by atoms with Crippen molar-refractivity contribution in [2.75, 3.05) is 18.8 Å². The van der Waals surface area contributed by atoms with Gasteiger partial charge in [-0.05, 0) is 56.3 Å². The van der Waals surface area contributed by atoms with E-state index in [1.54, 1.807) is 12.4 Å². The van der Waals surface area contributed by atoms with E-state index in [9.17, 15) is 0 Å². The SMILES string of the molecule is Nc1nc2c(ccn2C2CCNCC2)nc1-c1cc(-c2ccnc3cccnc23)n[nH]1. The van der Waals surface area contributed by atoms with E-state index in [0.717, 1.165) is 65.1 Å². The minimum absolute atomic E-state index is 0.384. The lowest BCUT2D eigenvalue weighted by Gasteiger charge is -2.24. The van der Waals surface area contributed by atoms with Crippen LogP contribution >= 0.6 is 0 Å². The normalized spacial score (nSPS) is 15.1. The van der Waals surface area contributed by atoms with Crippen LogP contribution in [0.5, 0.6) is 0 Å². The summed E-state index contributed by atoms with van der Waals surface area (Å²) in [6, 6.07) is 10.1. The molecule has 1 aliphatic heterocycles. The molecule has 0 spiro atoms. The van der Waals surface area contributed by atoms with Gasteiger partial charge in [-0.1, -0.05) is 0 Å². The maximum atomic E-state index is 6.35. The molecule has 1 saturated heterocycles. The number of H-pyrrole nitrogens is 1. The highest BCUT2D eigenvalue weighted by molar-refractivity contribution is 5.91. The monoisotopic (exact) mass is 411 g/mol. The Morgan fingerprint density at radius 3 is 2.81 bits per heavy atom. The molecule has 9 nitrogen and oxygen atoms in total. The first-order valence-electron chi connectivity index (χ1n) is 10.4. The number of hydrogen-bond acceptors (Lipinski definition) is 7. The first kappa shape index (κ1) is 18.0. The van der Waals surface area contributed by atoms with Crippen LogP contribution in [0.4, 0.5) is 5.82 Å². The maximum Gasteiger partial charge on any atom is 0.161 e. The van der Waals surface area contributed by atoms with E-state index in [4.69, 9.17) is 15.7 Å². The fraction of sp³-hybridized carbons (Fsp3) is 0.227. The third-order valence-electron chi connectivity index (χ3n) is 5.88. The lowest BCUT2D eigenvalue weighted by atomic mass is 10.1. The summed E-state index contributed by atoms with van der Waals surface area (Å²) in [7, 11) is 0. The molecule has 5 aromatic rings. The zero-order chi connectivity index (χ0) is 20.8. The van der Waals surface area contributed by atoms with E-state index in [0.29, 0.717) is 17.6 Å². The Hall–Kier alpha value is -3.85. The molecule has 6 heterocycles. The van der Waals surface area contributed by atoms with E-state index in [1.807, 2.05) is 30.3 Å². The third kappa shape index (κ3) is 3.01. The number of nitrogens with one attached hydrogen (secondary N) is 2. The number of nitrogens with zero attached hydrogens (tertiary/aromatic N) is 6. The highest BCUT2D eigenvalue weighted by Crippen LogP contribution is 2.31. The van der Waals surface area contributed by atoms with Crippen LogP contribution in [0.15, 0.2) is 48.9 Å². The summed E-state index contributed by atoms with van der Waals surface area (Å²) < 4.78 is 2.20. The zero-order valence-electron chi connectivity index (χ0n) is 16.8. The van der Waals surface area contributed by atoms with Gasteiger partial charge in [0.15, 0.2) is 11.5 Å². The number of rotatable bonds is 3. The molecule has 0 atom stereocenters. The molecular weight excluding hydrogens is 390 g/mol. The minimum Gasteiger partial charge on any atom is -0.382 e. The lowest BCUT2D eigenvalue weighted by molar-refractivity contribution is 0.375. The van der Waals surface area contributed by atoms with Crippen molar-refractivity contribution in [1.29, 1.82) is 0 Å². The molecule has 0 aliphatic carbocycles. The second kappa shape index (κ2) is 7.13. The van der Waals surface area contributed by atoms with Crippen molar-refractivity contribution in [2.45, 2.75) is 18.9 Å². The smallest absolute Gasteiger partial charge is 0.161 e. The van der Waals surface area contributed by atoms with Crippen molar-refractivity contribution >= 4 is 28.0 Å². The Morgan fingerprint density at radius 2 is 1.90 bits per heavy atom. The van der Waals surface area contributed by atoms with Crippen LogP contribution in [-0.4, -0.2) is 47.8 Å². The minimum atomic E-state index is 0.384. The fourth-order valence-corrected chi connectivity index (χ4v) is 4.32. The molecule has 1 aliphatic rings. The summed E-state index contributed by atoms with van der Waals surface area (Å²) in [5.74, 6) is 0.384. The standard InChI is InChI=1S/C22H21N9/c23-21-20(27-16-6-11-31(22(16)28-21)13-3-8-24-9-4-13)18-12-17(29-30-18)14-5-10-25-15-2-1-7-26-19(14)15/h1-2,5-7,10-13,24H,3-4,8-9H2,(H2,23,28)(H,29,30). The molecule has 0 saturated carbocycles. The molecule has 0 aromatic carbocycles. The van der Waals surface area contributed by atoms with E-state index in [1.165, 1.54) is 0 Å². The molecule has 154 valence electrons. The average molecular weight is 411 g/mol. The molecule has 0 unspecified atom stereocenters. The van der Waals surface area contributed by atoms with Crippen LogP contribution in [0.3, 0.4) is 0 Å². The fourth-order valence-electron chi connectivity index (χ4n) is 4.32. The zero-order valence-corrected chi connectivity index (χ0v) is 16.8. The first-order chi connectivity index (χ1) is 15.3. The van der Waals surface area contributed by atoms with Crippen LogP contribution < -0.4 is 11.1 Å². The molecule has 0 radical (unpaired) electrons. The first-order valence-corrected chi connectivity index (χ1v) is 10.4. The Kier molecular flexibility index (Phi) is 4.13. The Labute approximate surface area is 177 Å². The second-order valence-corrected chi connectivity index (χ2v) is 7.77. The van der Waals surface area contributed by atoms with Crippen LogP contribution in [-0.2, 0) is 0 Å². The number of aromatic nitrogens is 7. The highest BCUT2D eigenvalue weighted by atomic mass is 15.1. The van der Waals surface area contributed by atoms with E-state index >= 15 is 0 Å². The number of hydrogen-bond donors (Lipinski definition) is 3. The van der Waals surface area contributed by atoms with Gasteiger partial charge in [0, 0.05) is 30.2 Å². The summed E-state index contributed by atoms with van der Waals surface area (Å²) in [5, 5.41) is 10.9. The molecule has 5 aromatic heterocycles. The van der Waals surface area contributed by atoms with Gasteiger partial charge in [-0.15, -0.1) is 0 Å². The van der Waals surface area contributed by atoms with E-state index < -0.39 is 0 Å². The van der Waals surface area contributed by atoms with Gasteiger partial charge < -0.3 is 15.6 Å². The molecule has 0 amide bonds. The summed E-state index contributed by atoms with van der Waals surface area (Å²) in [6.45, 7) is 2.03. The number of nitrogens with two attached hydrogens (primary N) is 1. The number of pyridine rings is 2. The van der Waals surface area contributed by atoms with Crippen molar-refractivity contribution < 1.29 is 0 Å². The Morgan fingerprint density at radius 1 is 1.00 bits per heavy atom. The predicted octanol–water partition coefficient (Wildman–Crippen LogP) is 2.94. The third-order valence-corrected chi connectivity index (χ3v) is 5.88. The van der Waals surface area contributed by atoms with Crippen LogP contribution in [0, 0.1) is 0 Å². The van der Waals surface area contributed by atoms with Crippen molar-refractivity contribution in [3.63, 3.8) is 0 Å². The van der Waals surface area contributed by atoms with Crippen LogP contribution in [0.2, 0.25) is 0 Å². The average Bonchev–Trinajstić information content (AvgIpc) is 3.46. The number of nitrogen functional groups attached to an aromatic ring is 1. The van der Waals surface area contributed by atoms with Crippen LogP contribution in [0.25, 0.3) is 44.8 Å². The second-order valence-electron chi connectivity index (χ2n) is 7.77. The van der Waals surface area contributed by atoms with Gasteiger partial charge in [-0.3, -0.25) is 15.1 Å².